The number of thioether (sulfide) groups is 1. The van der Waals surface area contributed by atoms with Crippen LogP contribution in [-0.2, 0) is 23.0 Å². The Morgan fingerprint density at radius 3 is 2.44 bits per heavy atom. The van der Waals surface area contributed by atoms with Crippen molar-refractivity contribution >= 4 is 21.8 Å². The molecule has 0 N–H and O–H groups in total. The molecule has 0 spiro atoms. The van der Waals surface area contributed by atoms with Crippen LogP contribution in [0, 0.1) is 5.82 Å². The van der Waals surface area contributed by atoms with Gasteiger partial charge < -0.3 is 0 Å². The molecule has 0 amide bonds. The first-order valence-electron chi connectivity index (χ1n) is 8.69. The molecule has 0 fully saturated rings. The molecule has 1 atom stereocenters. The van der Waals surface area contributed by atoms with Crippen LogP contribution in [0.3, 0.4) is 0 Å². The molecular formula is C20H23FN2O2S2. The van der Waals surface area contributed by atoms with Gasteiger partial charge in [0.05, 0.1) is 6.26 Å². The fourth-order valence-corrected chi connectivity index (χ4v) is 5.51. The highest BCUT2D eigenvalue weighted by Gasteiger charge is 2.34. The summed E-state index contributed by atoms with van der Waals surface area (Å²) in [6, 6.07) is 16.6. The van der Waals surface area contributed by atoms with Gasteiger partial charge in [0.1, 0.15) is 11.3 Å². The van der Waals surface area contributed by atoms with Gasteiger partial charge in [-0.15, -0.1) is 0 Å². The van der Waals surface area contributed by atoms with Gasteiger partial charge in [0, 0.05) is 24.2 Å². The Bertz CT molecular complexity index is 917. The maximum atomic E-state index is 14.0. The average molecular weight is 407 g/mol. The average Bonchev–Trinajstić information content (AvgIpc) is 3.03. The quantitative estimate of drug-likeness (QED) is 0.696. The third-order valence-electron chi connectivity index (χ3n) is 4.37. The molecule has 2 aromatic rings. The van der Waals surface area contributed by atoms with E-state index in [1.807, 2.05) is 43.3 Å². The summed E-state index contributed by atoms with van der Waals surface area (Å²) in [5, 5.41) is 0. The van der Waals surface area contributed by atoms with E-state index >= 15 is 0 Å². The normalized spacial score (nSPS) is 17.4. The minimum atomic E-state index is -3.39. The topological polar surface area (TPSA) is 40.6 Å². The van der Waals surface area contributed by atoms with Gasteiger partial charge in [-0.2, -0.15) is 0 Å². The summed E-state index contributed by atoms with van der Waals surface area (Å²) >= 11 is 1.51. The zero-order valence-corrected chi connectivity index (χ0v) is 17.0. The van der Waals surface area contributed by atoms with E-state index in [0.717, 1.165) is 10.5 Å². The monoisotopic (exact) mass is 406 g/mol. The maximum absolute atomic E-state index is 14.0. The first kappa shape index (κ1) is 19.9. The molecule has 0 bridgehead atoms. The van der Waals surface area contributed by atoms with E-state index in [2.05, 4.69) is 4.90 Å². The summed E-state index contributed by atoms with van der Waals surface area (Å²) < 4.78 is 39.9. The molecule has 7 heteroatoms. The lowest BCUT2D eigenvalue weighted by atomic mass is 10.1. The van der Waals surface area contributed by atoms with Crippen molar-refractivity contribution in [1.29, 1.82) is 0 Å². The molecule has 0 saturated carbocycles. The minimum absolute atomic E-state index is 0.231. The maximum Gasteiger partial charge on any atom is 0.233 e. The van der Waals surface area contributed by atoms with Gasteiger partial charge in [-0.05, 0) is 30.5 Å². The van der Waals surface area contributed by atoms with E-state index in [1.165, 1.54) is 28.4 Å². The number of halogens is 1. The summed E-state index contributed by atoms with van der Waals surface area (Å²) in [6.45, 7) is 3.03. The Morgan fingerprint density at radius 1 is 1.11 bits per heavy atom. The molecule has 0 aromatic heterocycles. The smallest absolute Gasteiger partial charge is 0.233 e. The van der Waals surface area contributed by atoms with Gasteiger partial charge in [-0.3, -0.25) is 4.90 Å². The lowest BCUT2D eigenvalue weighted by Crippen LogP contribution is -2.44. The van der Waals surface area contributed by atoms with E-state index in [1.54, 1.807) is 18.3 Å². The number of rotatable bonds is 7. The SMILES string of the molecule is CC1=CN(S(C)(=O)=O)C(N(CCc2ccccc2F)Cc2ccccc2)S1. The molecule has 3 rings (SSSR count). The fraction of sp³-hybridized carbons (Fsp3) is 0.300. The van der Waals surface area contributed by atoms with Gasteiger partial charge in [-0.25, -0.2) is 17.1 Å². The highest BCUT2D eigenvalue weighted by atomic mass is 32.2. The van der Waals surface area contributed by atoms with Crippen molar-refractivity contribution in [2.45, 2.75) is 25.4 Å². The van der Waals surface area contributed by atoms with Gasteiger partial charge in [0.2, 0.25) is 10.0 Å². The van der Waals surface area contributed by atoms with Crippen LogP contribution in [0.2, 0.25) is 0 Å². The van der Waals surface area contributed by atoms with Crippen LogP contribution in [0.5, 0.6) is 0 Å². The highest BCUT2D eigenvalue weighted by molar-refractivity contribution is 8.04. The van der Waals surface area contributed by atoms with Crippen LogP contribution in [0.4, 0.5) is 4.39 Å². The molecule has 0 saturated heterocycles. The van der Waals surface area contributed by atoms with Gasteiger partial charge in [0.25, 0.3) is 0 Å². The van der Waals surface area contributed by atoms with Gasteiger partial charge in [-0.1, -0.05) is 60.3 Å². The van der Waals surface area contributed by atoms with Crippen molar-refractivity contribution in [3.8, 4) is 0 Å². The summed E-state index contributed by atoms with van der Waals surface area (Å²) in [5.41, 5.74) is 1.35. The molecule has 1 aliphatic rings. The van der Waals surface area contributed by atoms with Gasteiger partial charge >= 0.3 is 0 Å². The molecule has 1 heterocycles. The highest BCUT2D eigenvalue weighted by Crippen LogP contribution is 2.36. The Balaban J connectivity index is 1.84. The first-order chi connectivity index (χ1) is 12.8. The lowest BCUT2D eigenvalue weighted by Gasteiger charge is -2.34. The van der Waals surface area contributed by atoms with Crippen LogP contribution in [0.25, 0.3) is 0 Å². The second-order valence-electron chi connectivity index (χ2n) is 6.57. The Hall–Kier alpha value is -1.83. The van der Waals surface area contributed by atoms with E-state index in [9.17, 15) is 12.8 Å². The number of nitrogens with zero attached hydrogens (tertiary/aromatic N) is 2. The fourth-order valence-electron chi connectivity index (χ4n) is 3.04. The molecule has 27 heavy (non-hydrogen) atoms. The van der Waals surface area contributed by atoms with Crippen LogP contribution in [-0.4, -0.2) is 35.9 Å². The number of hydrogen-bond donors (Lipinski definition) is 0. The molecule has 144 valence electrons. The predicted octanol–water partition coefficient (Wildman–Crippen LogP) is 4.02. The second kappa shape index (κ2) is 8.46. The number of benzene rings is 2. The zero-order chi connectivity index (χ0) is 19.4. The lowest BCUT2D eigenvalue weighted by molar-refractivity contribution is 0.189. The molecule has 1 aliphatic heterocycles. The van der Waals surface area contributed by atoms with Crippen LogP contribution < -0.4 is 0 Å². The van der Waals surface area contributed by atoms with Crippen molar-refractivity contribution in [2.75, 3.05) is 12.8 Å². The largest absolute Gasteiger partial charge is 0.269 e. The molecule has 0 radical (unpaired) electrons. The Labute approximate surface area is 164 Å². The van der Waals surface area contributed by atoms with E-state index in [-0.39, 0.29) is 11.3 Å². The molecule has 4 nitrogen and oxygen atoms in total. The number of allylic oxidation sites excluding steroid dienone is 1. The molecule has 2 aromatic carbocycles. The van der Waals surface area contributed by atoms with E-state index < -0.39 is 10.0 Å². The third kappa shape index (κ3) is 5.12. The van der Waals surface area contributed by atoms with Crippen LogP contribution in [0.15, 0.2) is 65.7 Å². The van der Waals surface area contributed by atoms with Crippen molar-refractivity contribution in [2.24, 2.45) is 0 Å². The van der Waals surface area contributed by atoms with Crippen molar-refractivity contribution in [1.82, 2.24) is 9.21 Å². The number of hydrogen-bond acceptors (Lipinski definition) is 4. The number of sulfonamides is 1. The molecular weight excluding hydrogens is 383 g/mol. The van der Waals surface area contributed by atoms with E-state index in [4.69, 9.17) is 0 Å². The first-order valence-corrected chi connectivity index (χ1v) is 11.4. The standard InChI is InChI=1S/C20H23FN2O2S2/c1-16-14-23(27(2,24)25)20(26-16)22(15-17-8-4-3-5-9-17)13-12-18-10-6-7-11-19(18)21/h3-11,14,20H,12-13,15H2,1-2H3. The third-order valence-corrected chi connectivity index (χ3v) is 6.79. The minimum Gasteiger partial charge on any atom is -0.269 e. The summed E-state index contributed by atoms with van der Waals surface area (Å²) in [4.78, 5) is 3.02. The van der Waals surface area contributed by atoms with Gasteiger partial charge in [0.15, 0.2) is 0 Å². The predicted molar refractivity (Wildman–Crippen MR) is 109 cm³/mol. The van der Waals surface area contributed by atoms with E-state index in [0.29, 0.717) is 25.1 Å². The van der Waals surface area contributed by atoms with Crippen molar-refractivity contribution < 1.29 is 12.8 Å². The Kier molecular flexibility index (Phi) is 6.24. The molecule has 0 aliphatic carbocycles. The second-order valence-corrected chi connectivity index (χ2v) is 9.76. The zero-order valence-electron chi connectivity index (χ0n) is 15.4. The summed E-state index contributed by atoms with van der Waals surface area (Å²) in [7, 11) is -3.39. The van der Waals surface area contributed by atoms with Crippen molar-refractivity contribution in [3.05, 3.63) is 82.6 Å². The molecule has 1 unspecified atom stereocenters. The summed E-state index contributed by atoms with van der Waals surface area (Å²) in [5.74, 6) is -0.231. The summed E-state index contributed by atoms with van der Waals surface area (Å²) in [6.07, 6.45) is 3.40. The van der Waals surface area contributed by atoms with Crippen LogP contribution >= 0.6 is 11.8 Å². The van der Waals surface area contributed by atoms with Crippen LogP contribution in [0.1, 0.15) is 18.1 Å². The Morgan fingerprint density at radius 2 is 1.78 bits per heavy atom. The van der Waals surface area contributed by atoms with Crippen molar-refractivity contribution in [3.63, 3.8) is 0 Å².